The van der Waals surface area contributed by atoms with Gasteiger partial charge in [-0.25, -0.2) is 17.2 Å². The molecule has 0 spiro atoms. The van der Waals surface area contributed by atoms with Gasteiger partial charge in [0.2, 0.25) is 15.9 Å². The van der Waals surface area contributed by atoms with Gasteiger partial charge in [-0.1, -0.05) is 30.1 Å². The Labute approximate surface area is 165 Å². The summed E-state index contributed by atoms with van der Waals surface area (Å²) < 4.78 is 52.5. The van der Waals surface area contributed by atoms with Crippen molar-refractivity contribution < 1.29 is 22.0 Å². The molecule has 1 atom stereocenters. The molecule has 27 heavy (non-hydrogen) atoms. The Hall–Kier alpha value is -1.90. The SMILES string of the molecule is CC[C@@H](C(=O)Nc1ccc(F)cc1F)N(c1cc(Cl)ccc1Cl)S(C)(=O)=O. The van der Waals surface area contributed by atoms with Gasteiger partial charge in [-0.3, -0.25) is 9.10 Å². The second-order valence-electron chi connectivity index (χ2n) is 5.69. The molecule has 0 aliphatic rings. The number of sulfonamides is 1. The van der Waals surface area contributed by atoms with Gasteiger partial charge in [0.05, 0.1) is 22.7 Å². The Morgan fingerprint density at radius 3 is 2.41 bits per heavy atom. The molecule has 2 rings (SSSR count). The first kappa shape index (κ1) is 21.4. The molecule has 0 radical (unpaired) electrons. The van der Waals surface area contributed by atoms with Crippen LogP contribution in [0.2, 0.25) is 10.0 Å². The molecule has 0 bridgehead atoms. The lowest BCUT2D eigenvalue weighted by atomic mass is 10.1. The first-order valence-electron chi connectivity index (χ1n) is 7.75. The lowest BCUT2D eigenvalue weighted by molar-refractivity contribution is -0.117. The molecular weight excluding hydrogens is 421 g/mol. The highest BCUT2D eigenvalue weighted by Gasteiger charge is 2.33. The first-order chi connectivity index (χ1) is 12.5. The van der Waals surface area contributed by atoms with Crippen LogP contribution in [0.5, 0.6) is 0 Å². The third-order valence-electron chi connectivity index (χ3n) is 3.66. The standard InChI is InChI=1S/C17H16Cl2F2N2O3S/c1-3-15(17(24)22-14-7-5-11(20)9-13(14)21)23(27(2,25)26)16-8-10(18)4-6-12(16)19/h4-9,15H,3H2,1-2H3,(H,22,24)/t15-/m0/s1. The summed E-state index contributed by atoms with van der Waals surface area (Å²) in [4.78, 5) is 12.7. The number of hydrogen-bond acceptors (Lipinski definition) is 3. The fraction of sp³-hybridized carbons (Fsp3) is 0.235. The molecule has 2 aromatic rings. The molecule has 0 saturated heterocycles. The van der Waals surface area contributed by atoms with Crippen LogP contribution in [0.25, 0.3) is 0 Å². The van der Waals surface area contributed by atoms with Crippen molar-refractivity contribution in [2.24, 2.45) is 0 Å². The van der Waals surface area contributed by atoms with Gasteiger partial charge in [0.25, 0.3) is 0 Å². The summed E-state index contributed by atoms with van der Waals surface area (Å²) in [6.45, 7) is 1.59. The quantitative estimate of drug-likeness (QED) is 0.726. The number of rotatable bonds is 6. The average Bonchev–Trinajstić information content (AvgIpc) is 2.56. The Balaban J connectivity index is 2.46. The molecule has 0 unspecified atom stereocenters. The van der Waals surface area contributed by atoms with E-state index in [1.165, 1.54) is 18.2 Å². The van der Waals surface area contributed by atoms with Crippen molar-refractivity contribution in [3.8, 4) is 0 Å². The molecule has 0 aliphatic carbocycles. The third kappa shape index (κ3) is 5.09. The second kappa shape index (κ2) is 8.41. The number of carbonyl (C=O) groups is 1. The van der Waals surface area contributed by atoms with Crippen LogP contribution >= 0.6 is 23.2 Å². The predicted octanol–water partition coefficient (Wildman–Crippen LogP) is 4.45. The van der Waals surface area contributed by atoms with Crippen molar-refractivity contribution in [2.45, 2.75) is 19.4 Å². The molecule has 0 aromatic heterocycles. The normalized spacial score (nSPS) is 12.5. The van der Waals surface area contributed by atoms with Gasteiger partial charge < -0.3 is 5.32 Å². The van der Waals surface area contributed by atoms with Crippen molar-refractivity contribution in [2.75, 3.05) is 15.9 Å². The number of hydrogen-bond donors (Lipinski definition) is 1. The molecule has 2 aromatic carbocycles. The molecule has 5 nitrogen and oxygen atoms in total. The minimum Gasteiger partial charge on any atom is -0.322 e. The van der Waals surface area contributed by atoms with Gasteiger partial charge in [0.15, 0.2) is 0 Å². The maximum absolute atomic E-state index is 13.8. The van der Waals surface area contributed by atoms with Crippen LogP contribution in [-0.2, 0) is 14.8 Å². The van der Waals surface area contributed by atoms with E-state index in [1.54, 1.807) is 6.92 Å². The van der Waals surface area contributed by atoms with Crippen LogP contribution in [0.1, 0.15) is 13.3 Å². The van der Waals surface area contributed by atoms with E-state index in [1.807, 2.05) is 0 Å². The van der Waals surface area contributed by atoms with Crippen molar-refractivity contribution >= 4 is 50.5 Å². The van der Waals surface area contributed by atoms with E-state index in [4.69, 9.17) is 23.2 Å². The number of nitrogens with one attached hydrogen (secondary N) is 1. The van der Waals surface area contributed by atoms with Gasteiger partial charge >= 0.3 is 0 Å². The third-order valence-corrected chi connectivity index (χ3v) is 5.38. The number of anilines is 2. The zero-order valence-corrected chi connectivity index (χ0v) is 16.7. The molecule has 1 amide bonds. The zero-order chi connectivity index (χ0) is 20.4. The largest absolute Gasteiger partial charge is 0.322 e. The van der Waals surface area contributed by atoms with Crippen molar-refractivity contribution in [3.05, 3.63) is 58.1 Å². The molecule has 0 heterocycles. The first-order valence-corrected chi connectivity index (χ1v) is 10.4. The van der Waals surface area contributed by atoms with Gasteiger partial charge in [-0.05, 0) is 36.8 Å². The molecule has 0 fully saturated rings. The van der Waals surface area contributed by atoms with E-state index in [0.29, 0.717) is 6.07 Å². The van der Waals surface area contributed by atoms with Crippen LogP contribution in [0.15, 0.2) is 36.4 Å². The smallest absolute Gasteiger partial charge is 0.248 e. The van der Waals surface area contributed by atoms with E-state index >= 15 is 0 Å². The van der Waals surface area contributed by atoms with E-state index in [2.05, 4.69) is 5.32 Å². The summed E-state index contributed by atoms with van der Waals surface area (Å²) in [6.07, 6.45) is 0.975. The summed E-state index contributed by atoms with van der Waals surface area (Å²) >= 11 is 12.0. The van der Waals surface area contributed by atoms with E-state index in [0.717, 1.165) is 22.7 Å². The number of halogens is 4. The zero-order valence-electron chi connectivity index (χ0n) is 14.3. The van der Waals surface area contributed by atoms with Crippen LogP contribution in [-0.4, -0.2) is 26.6 Å². The lowest BCUT2D eigenvalue weighted by Crippen LogP contribution is -2.47. The molecule has 0 aliphatic heterocycles. The number of amides is 1. The Kier molecular flexibility index (Phi) is 6.67. The van der Waals surface area contributed by atoms with Crippen LogP contribution < -0.4 is 9.62 Å². The van der Waals surface area contributed by atoms with E-state index in [9.17, 15) is 22.0 Å². The van der Waals surface area contributed by atoms with Crippen molar-refractivity contribution in [1.82, 2.24) is 0 Å². The highest BCUT2D eigenvalue weighted by atomic mass is 35.5. The predicted molar refractivity (Wildman–Crippen MR) is 103 cm³/mol. The minimum absolute atomic E-state index is 0.0215. The topological polar surface area (TPSA) is 66.5 Å². The highest BCUT2D eigenvalue weighted by Crippen LogP contribution is 2.33. The Morgan fingerprint density at radius 1 is 1.19 bits per heavy atom. The maximum atomic E-state index is 13.8. The van der Waals surface area contributed by atoms with E-state index in [-0.39, 0.29) is 27.8 Å². The monoisotopic (exact) mass is 436 g/mol. The fourth-order valence-electron chi connectivity index (χ4n) is 2.50. The van der Waals surface area contributed by atoms with E-state index < -0.39 is 33.6 Å². The average molecular weight is 437 g/mol. The summed E-state index contributed by atoms with van der Waals surface area (Å²) in [5.74, 6) is -2.59. The minimum atomic E-state index is -3.95. The van der Waals surface area contributed by atoms with Gasteiger partial charge in [0.1, 0.15) is 17.7 Å². The van der Waals surface area contributed by atoms with Gasteiger partial charge in [-0.15, -0.1) is 0 Å². The summed E-state index contributed by atoms with van der Waals surface area (Å²) in [7, 11) is -3.95. The molecule has 146 valence electrons. The Bertz CT molecular complexity index is 971. The summed E-state index contributed by atoms with van der Waals surface area (Å²) in [5, 5.41) is 2.58. The second-order valence-corrected chi connectivity index (χ2v) is 8.40. The maximum Gasteiger partial charge on any atom is 0.248 e. The molecular formula is C17H16Cl2F2N2O3S. The van der Waals surface area contributed by atoms with Crippen LogP contribution in [0.3, 0.4) is 0 Å². The van der Waals surface area contributed by atoms with Crippen molar-refractivity contribution in [3.63, 3.8) is 0 Å². The van der Waals surface area contributed by atoms with Crippen LogP contribution in [0, 0.1) is 11.6 Å². The molecule has 0 saturated carbocycles. The molecule has 1 N–H and O–H groups in total. The number of nitrogens with zero attached hydrogens (tertiary/aromatic N) is 1. The summed E-state index contributed by atoms with van der Waals surface area (Å²) in [6, 6.07) is 5.59. The van der Waals surface area contributed by atoms with Crippen LogP contribution in [0.4, 0.5) is 20.2 Å². The fourth-order valence-corrected chi connectivity index (χ4v) is 4.14. The van der Waals surface area contributed by atoms with Crippen molar-refractivity contribution in [1.29, 1.82) is 0 Å². The Morgan fingerprint density at radius 2 is 1.85 bits per heavy atom. The lowest BCUT2D eigenvalue weighted by Gasteiger charge is -2.30. The highest BCUT2D eigenvalue weighted by molar-refractivity contribution is 7.92. The molecule has 10 heteroatoms. The summed E-state index contributed by atoms with van der Waals surface area (Å²) in [5.41, 5.74) is -0.251. The van der Waals surface area contributed by atoms with Gasteiger partial charge in [0, 0.05) is 11.1 Å². The van der Waals surface area contributed by atoms with Gasteiger partial charge in [-0.2, -0.15) is 0 Å². The number of benzene rings is 2. The number of carbonyl (C=O) groups excluding carboxylic acids is 1.